The number of aromatic nitrogens is 1. The van der Waals surface area contributed by atoms with Crippen LogP contribution in [0.5, 0.6) is 0 Å². The second-order valence-corrected chi connectivity index (χ2v) is 3.56. The maximum Gasteiger partial charge on any atom is 0.308 e. The maximum atomic E-state index is 12.9. The second kappa shape index (κ2) is 6.18. The Kier molecular flexibility index (Phi) is 4.87. The van der Waals surface area contributed by atoms with Gasteiger partial charge >= 0.3 is 5.97 Å². The van der Waals surface area contributed by atoms with Gasteiger partial charge in [0.1, 0.15) is 6.10 Å². The van der Waals surface area contributed by atoms with E-state index in [1.165, 1.54) is 0 Å². The van der Waals surface area contributed by atoms with Crippen LogP contribution in [0, 0.1) is 5.95 Å². The van der Waals surface area contributed by atoms with Gasteiger partial charge in [0.15, 0.2) is 6.29 Å². The van der Waals surface area contributed by atoms with Crippen molar-refractivity contribution in [1.29, 1.82) is 0 Å². The molecule has 0 amide bonds. The molecule has 1 rings (SSSR count). The number of nitrogens with zero attached hydrogens (tertiary/aromatic N) is 1. The lowest BCUT2D eigenvalue weighted by atomic mass is 10.0. The fourth-order valence-corrected chi connectivity index (χ4v) is 1.31. The van der Waals surface area contributed by atoms with Gasteiger partial charge in [0.25, 0.3) is 0 Å². The zero-order chi connectivity index (χ0) is 13.7. The predicted molar refractivity (Wildman–Crippen MR) is 57.2 cm³/mol. The van der Waals surface area contributed by atoms with Crippen molar-refractivity contribution in [3.05, 3.63) is 29.3 Å². The normalized spacial score (nSPS) is 13.8. The first-order chi connectivity index (χ1) is 8.49. The molecular weight excluding hydrogens is 245 g/mol. The van der Waals surface area contributed by atoms with E-state index >= 15 is 0 Å². The third kappa shape index (κ3) is 3.31. The highest BCUT2D eigenvalue weighted by Gasteiger charge is 2.23. The summed E-state index contributed by atoms with van der Waals surface area (Å²) in [6.07, 6.45) is -2.09. The number of ether oxygens (including phenoxy) is 1. The Morgan fingerprint density at radius 2 is 2.28 bits per heavy atom. The largest absolute Gasteiger partial charge is 0.469 e. The molecule has 1 heterocycles. The van der Waals surface area contributed by atoms with Crippen LogP contribution < -0.4 is 0 Å². The lowest BCUT2D eigenvalue weighted by molar-refractivity contribution is -0.144. The van der Waals surface area contributed by atoms with E-state index in [4.69, 9.17) is 0 Å². The fraction of sp³-hybridized carbons (Fsp3) is 0.364. The van der Waals surface area contributed by atoms with Gasteiger partial charge in [-0.25, -0.2) is 4.98 Å². The zero-order valence-corrected chi connectivity index (χ0v) is 9.54. The van der Waals surface area contributed by atoms with Gasteiger partial charge in [-0.3, -0.25) is 9.59 Å². The molecule has 98 valence electrons. The standard InChI is InChI=1S/C11H12FNO5/c1-18-9(16)3-8(15)10(17)6-2-7(5-14)11(12)13-4-6/h2,4-5,8,10,15,17H,3H2,1H3. The summed E-state index contributed by atoms with van der Waals surface area (Å²) >= 11 is 0. The van der Waals surface area contributed by atoms with Crippen molar-refractivity contribution >= 4 is 12.3 Å². The summed E-state index contributed by atoms with van der Waals surface area (Å²) in [6.45, 7) is 0. The lowest BCUT2D eigenvalue weighted by Gasteiger charge is -2.17. The Balaban J connectivity index is 2.86. The molecule has 0 aliphatic heterocycles. The number of aldehydes is 1. The van der Waals surface area contributed by atoms with Gasteiger partial charge in [-0.2, -0.15) is 4.39 Å². The molecule has 2 N–H and O–H groups in total. The smallest absolute Gasteiger partial charge is 0.308 e. The molecule has 2 unspecified atom stereocenters. The quantitative estimate of drug-likeness (QED) is 0.437. The Bertz CT molecular complexity index is 451. The highest BCUT2D eigenvalue weighted by atomic mass is 19.1. The van der Waals surface area contributed by atoms with Crippen LogP contribution >= 0.6 is 0 Å². The SMILES string of the molecule is COC(=O)CC(O)C(O)c1cnc(F)c(C=O)c1. The van der Waals surface area contributed by atoms with Crippen LogP contribution in [0.4, 0.5) is 4.39 Å². The molecule has 0 spiro atoms. The van der Waals surface area contributed by atoms with E-state index in [9.17, 15) is 24.2 Å². The molecule has 0 saturated carbocycles. The number of carbonyl (C=O) groups is 2. The van der Waals surface area contributed by atoms with E-state index in [-0.39, 0.29) is 17.4 Å². The van der Waals surface area contributed by atoms with Crippen LogP contribution in [0.25, 0.3) is 0 Å². The first-order valence-corrected chi connectivity index (χ1v) is 5.03. The summed E-state index contributed by atoms with van der Waals surface area (Å²) in [5.41, 5.74) is -0.299. The van der Waals surface area contributed by atoms with Gasteiger partial charge in [-0.1, -0.05) is 0 Å². The molecule has 0 aliphatic rings. The lowest BCUT2D eigenvalue weighted by Crippen LogP contribution is -2.23. The highest BCUT2D eigenvalue weighted by molar-refractivity contribution is 5.74. The topological polar surface area (TPSA) is 96.7 Å². The molecular formula is C11H12FNO5. The van der Waals surface area contributed by atoms with Crippen molar-refractivity contribution in [3.8, 4) is 0 Å². The van der Waals surface area contributed by atoms with Crippen LogP contribution in [-0.2, 0) is 9.53 Å². The molecule has 0 aromatic carbocycles. The molecule has 0 radical (unpaired) electrons. The number of methoxy groups -OCH3 is 1. The van der Waals surface area contributed by atoms with E-state index < -0.39 is 30.5 Å². The summed E-state index contributed by atoms with van der Waals surface area (Å²) in [5.74, 6) is -1.67. The number of aliphatic hydroxyl groups is 2. The monoisotopic (exact) mass is 257 g/mol. The van der Waals surface area contributed by atoms with Gasteiger partial charge in [0, 0.05) is 11.8 Å². The highest BCUT2D eigenvalue weighted by Crippen LogP contribution is 2.20. The second-order valence-electron chi connectivity index (χ2n) is 3.56. The van der Waals surface area contributed by atoms with Crippen molar-refractivity contribution in [3.63, 3.8) is 0 Å². The number of esters is 1. The number of halogens is 1. The summed E-state index contributed by atoms with van der Waals surface area (Å²) < 4.78 is 17.3. The molecule has 18 heavy (non-hydrogen) atoms. The molecule has 6 nitrogen and oxygen atoms in total. The van der Waals surface area contributed by atoms with E-state index in [0.29, 0.717) is 0 Å². The van der Waals surface area contributed by atoms with Gasteiger partial charge < -0.3 is 14.9 Å². The van der Waals surface area contributed by atoms with Gasteiger partial charge in [0.05, 0.1) is 25.2 Å². The van der Waals surface area contributed by atoms with E-state index in [1.807, 2.05) is 0 Å². The summed E-state index contributed by atoms with van der Waals surface area (Å²) in [6, 6.07) is 1.06. The Labute approximate surface area is 102 Å². The first-order valence-electron chi connectivity index (χ1n) is 5.03. The number of carbonyl (C=O) groups excluding carboxylic acids is 2. The fourth-order valence-electron chi connectivity index (χ4n) is 1.31. The minimum absolute atomic E-state index is 0.0369. The van der Waals surface area contributed by atoms with E-state index in [2.05, 4.69) is 9.72 Å². The summed E-state index contributed by atoms with van der Waals surface area (Å²) in [7, 11) is 1.14. The Morgan fingerprint density at radius 1 is 1.61 bits per heavy atom. The number of aliphatic hydroxyl groups excluding tert-OH is 2. The van der Waals surface area contributed by atoms with Crippen molar-refractivity contribution < 1.29 is 28.9 Å². The number of hydrogen-bond acceptors (Lipinski definition) is 6. The third-order valence-electron chi connectivity index (χ3n) is 2.32. The number of hydrogen-bond donors (Lipinski definition) is 2. The summed E-state index contributed by atoms with van der Waals surface area (Å²) in [5, 5.41) is 19.3. The van der Waals surface area contributed by atoms with Crippen molar-refractivity contribution in [1.82, 2.24) is 4.98 Å². The molecule has 2 atom stereocenters. The minimum Gasteiger partial charge on any atom is -0.469 e. The van der Waals surface area contributed by atoms with Gasteiger partial charge in [-0.15, -0.1) is 0 Å². The van der Waals surface area contributed by atoms with Crippen LogP contribution in [0.3, 0.4) is 0 Å². The number of rotatable bonds is 5. The van der Waals surface area contributed by atoms with Gasteiger partial charge in [0.2, 0.25) is 5.95 Å². The van der Waals surface area contributed by atoms with Gasteiger partial charge in [-0.05, 0) is 6.07 Å². The molecule has 0 aliphatic carbocycles. The number of pyridine rings is 1. The van der Waals surface area contributed by atoms with Crippen LogP contribution in [0.1, 0.15) is 28.4 Å². The molecule has 1 aromatic heterocycles. The molecule has 0 fully saturated rings. The van der Waals surface area contributed by atoms with E-state index in [0.717, 1.165) is 19.4 Å². The van der Waals surface area contributed by atoms with Crippen molar-refractivity contribution in [2.45, 2.75) is 18.6 Å². The van der Waals surface area contributed by atoms with Crippen LogP contribution in [0.2, 0.25) is 0 Å². The van der Waals surface area contributed by atoms with Crippen molar-refractivity contribution in [2.24, 2.45) is 0 Å². The Morgan fingerprint density at radius 3 is 2.83 bits per heavy atom. The average Bonchev–Trinajstić information content (AvgIpc) is 2.38. The maximum absolute atomic E-state index is 12.9. The zero-order valence-electron chi connectivity index (χ0n) is 9.54. The summed E-state index contributed by atoms with van der Waals surface area (Å²) in [4.78, 5) is 24.7. The third-order valence-corrected chi connectivity index (χ3v) is 2.32. The Hall–Kier alpha value is -1.86. The minimum atomic E-state index is -1.46. The molecule has 7 heteroatoms. The van der Waals surface area contributed by atoms with E-state index in [1.54, 1.807) is 0 Å². The van der Waals surface area contributed by atoms with Crippen molar-refractivity contribution in [2.75, 3.05) is 7.11 Å². The molecule has 1 aromatic rings. The van der Waals surface area contributed by atoms with Crippen LogP contribution in [0.15, 0.2) is 12.3 Å². The molecule has 0 saturated heterocycles. The van der Waals surface area contributed by atoms with Crippen LogP contribution in [-0.4, -0.2) is 40.7 Å². The first kappa shape index (κ1) is 14.2. The molecule has 0 bridgehead atoms. The predicted octanol–water partition coefficient (Wildman–Crippen LogP) is -0.00940. The average molecular weight is 257 g/mol.